The number of ether oxygens (including phenoxy) is 2. The maximum atomic E-state index is 12.1. The van der Waals surface area contributed by atoms with Crippen LogP contribution >= 0.6 is 15.9 Å². The molecule has 0 bridgehead atoms. The molecule has 1 amide bonds. The van der Waals surface area contributed by atoms with Crippen molar-refractivity contribution in [2.24, 2.45) is 5.41 Å². The van der Waals surface area contributed by atoms with Crippen LogP contribution in [0.3, 0.4) is 0 Å². The second-order valence-electron chi connectivity index (χ2n) is 4.42. The highest BCUT2D eigenvalue weighted by Crippen LogP contribution is 2.30. The summed E-state index contributed by atoms with van der Waals surface area (Å²) in [5, 5.41) is 2.66. The molecule has 0 unspecified atom stereocenters. The highest BCUT2D eigenvalue weighted by atomic mass is 79.9. The SMILES string of the molecule is COC(=O)C(C)(C)C(=O)Nc1cc(Br)ccc1OC. The summed E-state index contributed by atoms with van der Waals surface area (Å²) in [5.74, 6) is -0.549. The average Bonchev–Trinajstić information content (AvgIpc) is 2.37. The summed E-state index contributed by atoms with van der Waals surface area (Å²) < 4.78 is 10.6. The summed E-state index contributed by atoms with van der Waals surface area (Å²) in [6, 6.07) is 5.20. The van der Waals surface area contributed by atoms with Crippen LogP contribution in [0.2, 0.25) is 0 Å². The number of halogens is 1. The molecule has 6 heteroatoms. The lowest BCUT2D eigenvalue weighted by molar-refractivity contribution is -0.154. The quantitative estimate of drug-likeness (QED) is 0.681. The lowest BCUT2D eigenvalue weighted by Gasteiger charge is -2.21. The molecule has 5 nitrogen and oxygen atoms in total. The maximum absolute atomic E-state index is 12.1. The minimum absolute atomic E-state index is 0.462. The average molecular weight is 330 g/mol. The van der Waals surface area contributed by atoms with E-state index in [0.717, 1.165) is 4.47 Å². The zero-order chi connectivity index (χ0) is 14.6. The number of hydrogen-bond donors (Lipinski definition) is 1. The van der Waals surface area contributed by atoms with Gasteiger partial charge in [0.15, 0.2) is 0 Å². The van der Waals surface area contributed by atoms with Crippen LogP contribution in [0.5, 0.6) is 5.75 Å². The van der Waals surface area contributed by atoms with E-state index in [1.165, 1.54) is 28.1 Å². The molecule has 104 valence electrons. The van der Waals surface area contributed by atoms with Crippen molar-refractivity contribution >= 4 is 33.5 Å². The number of anilines is 1. The molecule has 0 fully saturated rings. The summed E-state index contributed by atoms with van der Waals surface area (Å²) in [6.45, 7) is 3.00. The second kappa shape index (κ2) is 6.06. The molecule has 0 aliphatic rings. The number of esters is 1. The normalized spacial score (nSPS) is 10.8. The monoisotopic (exact) mass is 329 g/mol. The van der Waals surface area contributed by atoms with Gasteiger partial charge in [0.1, 0.15) is 11.2 Å². The Labute approximate surface area is 120 Å². The van der Waals surface area contributed by atoms with E-state index >= 15 is 0 Å². The highest BCUT2D eigenvalue weighted by Gasteiger charge is 2.37. The zero-order valence-electron chi connectivity index (χ0n) is 11.2. The van der Waals surface area contributed by atoms with Crippen molar-refractivity contribution < 1.29 is 19.1 Å². The van der Waals surface area contributed by atoms with E-state index in [9.17, 15) is 9.59 Å². The Hall–Kier alpha value is -1.56. The first-order valence-electron chi connectivity index (χ1n) is 5.56. The van der Waals surface area contributed by atoms with Crippen LogP contribution in [0.1, 0.15) is 13.8 Å². The molecular formula is C13H16BrNO4. The molecule has 0 heterocycles. The number of rotatable bonds is 4. The van der Waals surface area contributed by atoms with E-state index in [-0.39, 0.29) is 0 Å². The summed E-state index contributed by atoms with van der Waals surface area (Å²) in [7, 11) is 2.75. The van der Waals surface area contributed by atoms with Crippen molar-refractivity contribution in [1.29, 1.82) is 0 Å². The first-order valence-corrected chi connectivity index (χ1v) is 6.35. The van der Waals surface area contributed by atoms with E-state index in [2.05, 4.69) is 26.0 Å². The molecule has 0 spiro atoms. The molecule has 0 radical (unpaired) electrons. The van der Waals surface area contributed by atoms with Crippen LogP contribution < -0.4 is 10.1 Å². The lowest BCUT2D eigenvalue weighted by Crippen LogP contribution is -2.38. The Bertz CT molecular complexity index is 499. The molecule has 0 aromatic heterocycles. The first-order chi connectivity index (χ1) is 8.82. The van der Waals surface area contributed by atoms with Crippen molar-refractivity contribution in [3.05, 3.63) is 22.7 Å². The molecule has 0 atom stereocenters. The van der Waals surface area contributed by atoms with Crippen LogP contribution in [0.25, 0.3) is 0 Å². The number of carbonyl (C=O) groups is 2. The van der Waals surface area contributed by atoms with Crippen molar-refractivity contribution in [1.82, 2.24) is 0 Å². The van der Waals surface area contributed by atoms with Crippen LogP contribution in [0.15, 0.2) is 22.7 Å². The molecule has 1 aromatic rings. The fraction of sp³-hybridized carbons (Fsp3) is 0.385. The molecule has 1 rings (SSSR count). The molecule has 19 heavy (non-hydrogen) atoms. The fourth-order valence-corrected chi connectivity index (χ4v) is 1.77. The van der Waals surface area contributed by atoms with Crippen molar-refractivity contribution in [2.45, 2.75) is 13.8 Å². The Morgan fingerprint density at radius 3 is 2.42 bits per heavy atom. The van der Waals surface area contributed by atoms with Gasteiger partial charge < -0.3 is 14.8 Å². The van der Waals surface area contributed by atoms with Gasteiger partial charge in [0, 0.05) is 4.47 Å². The van der Waals surface area contributed by atoms with Gasteiger partial charge in [-0.2, -0.15) is 0 Å². The van der Waals surface area contributed by atoms with Crippen molar-refractivity contribution in [2.75, 3.05) is 19.5 Å². The Morgan fingerprint density at radius 1 is 1.26 bits per heavy atom. The fourth-order valence-electron chi connectivity index (χ4n) is 1.40. The predicted octanol–water partition coefficient (Wildman–Crippen LogP) is 2.60. The molecule has 0 saturated heterocycles. The Kier molecular flexibility index (Phi) is 4.94. The summed E-state index contributed by atoms with van der Waals surface area (Å²) in [4.78, 5) is 23.7. The van der Waals surface area contributed by atoms with Crippen LogP contribution in [0.4, 0.5) is 5.69 Å². The van der Waals surface area contributed by atoms with Crippen LogP contribution in [-0.2, 0) is 14.3 Å². The third-order valence-corrected chi connectivity index (χ3v) is 3.17. The van der Waals surface area contributed by atoms with Gasteiger partial charge in [0.25, 0.3) is 0 Å². The van der Waals surface area contributed by atoms with E-state index in [1.54, 1.807) is 18.2 Å². The third-order valence-electron chi connectivity index (χ3n) is 2.67. The lowest BCUT2D eigenvalue weighted by atomic mass is 9.92. The number of hydrogen-bond acceptors (Lipinski definition) is 4. The summed E-state index contributed by atoms with van der Waals surface area (Å²) in [5.41, 5.74) is -0.791. The number of carbonyl (C=O) groups excluding carboxylic acids is 2. The second-order valence-corrected chi connectivity index (χ2v) is 5.33. The van der Waals surface area contributed by atoms with E-state index in [0.29, 0.717) is 11.4 Å². The van der Waals surface area contributed by atoms with Gasteiger partial charge in [-0.05, 0) is 32.0 Å². The topological polar surface area (TPSA) is 64.6 Å². The molecule has 0 saturated carbocycles. The van der Waals surface area contributed by atoms with Gasteiger partial charge in [0.05, 0.1) is 19.9 Å². The molecule has 1 N–H and O–H groups in total. The van der Waals surface area contributed by atoms with E-state index < -0.39 is 17.3 Å². The number of nitrogens with one attached hydrogen (secondary N) is 1. The third kappa shape index (κ3) is 3.47. The minimum Gasteiger partial charge on any atom is -0.495 e. The van der Waals surface area contributed by atoms with Crippen LogP contribution in [0, 0.1) is 5.41 Å². The molecule has 0 aliphatic heterocycles. The van der Waals surface area contributed by atoms with Gasteiger partial charge in [0.2, 0.25) is 5.91 Å². The number of methoxy groups -OCH3 is 2. The molecule has 1 aromatic carbocycles. The first kappa shape index (κ1) is 15.5. The number of amides is 1. The molecular weight excluding hydrogens is 314 g/mol. The number of benzene rings is 1. The largest absolute Gasteiger partial charge is 0.495 e. The molecule has 0 aliphatic carbocycles. The summed E-state index contributed by atoms with van der Waals surface area (Å²) >= 11 is 3.31. The maximum Gasteiger partial charge on any atom is 0.320 e. The highest BCUT2D eigenvalue weighted by molar-refractivity contribution is 9.10. The standard InChI is InChI=1S/C13H16BrNO4/c1-13(2,12(17)19-4)11(16)15-9-7-8(14)5-6-10(9)18-3/h5-7H,1-4H3,(H,15,16). The van der Waals surface area contributed by atoms with Crippen molar-refractivity contribution in [3.8, 4) is 5.75 Å². The van der Waals surface area contributed by atoms with Crippen LogP contribution in [-0.4, -0.2) is 26.1 Å². The smallest absolute Gasteiger partial charge is 0.320 e. The predicted molar refractivity (Wildman–Crippen MR) is 75.1 cm³/mol. The van der Waals surface area contributed by atoms with E-state index in [1.807, 2.05) is 0 Å². The van der Waals surface area contributed by atoms with E-state index in [4.69, 9.17) is 4.74 Å². The van der Waals surface area contributed by atoms with Gasteiger partial charge >= 0.3 is 5.97 Å². The summed E-state index contributed by atoms with van der Waals surface area (Å²) in [6.07, 6.45) is 0. The zero-order valence-corrected chi connectivity index (χ0v) is 12.8. The van der Waals surface area contributed by atoms with Gasteiger partial charge in [-0.25, -0.2) is 0 Å². The van der Waals surface area contributed by atoms with Gasteiger partial charge in [-0.3, -0.25) is 9.59 Å². The van der Waals surface area contributed by atoms with Gasteiger partial charge in [-0.15, -0.1) is 0 Å². The minimum atomic E-state index is -1.28. The Balaban J connectivity index is 3.00. The Morgan fingerprint density at radius 2 is 1.89 bits per heavy atom. The van der Waals surface area contributed by atoms with Crippen molar-refractivity contribution in [3.63, 3.8) is 0 Å². The van der Waals surface area contributed by atoms with Gasteiger partial charge in [-0.1, -0.05) is 15.9 Å².